The monoisotopic (exact) mass is 416 g/mol. The molecule has 2 aliphatic rings. The van der Waals surface area contributed by atoms with Gasteiger partial charge in [-0.1, -0.05) is 13.0 Å². The first-order valence-corrected chi connectivity index (χ1v) is 10.9. The van der Waals surface area contributed by atoms with E-state index in [1.54, 1.807) is 6.92 Å². The summed E-state index contributed by atoms with van der Waals surface area (Å²) in [6.45, 7) is 5.66. The van der Waals surface area contributed by atoms with Gasteiger partial charge in [-0.25, -0.2) is 4.98 Å². The number of hydrogen-bond donors (Lipinski definition) is 1. The summed E-state index contributed by atoms with van der Waals surface area (Å²) in [5.41, 5.74) is -1.18. The molecular weight excluding hydrogens is 389 g/mol. The molecule has 1 N–H and O–H groups in total. The minimum absolute atomic E-state index is 0.0920. The average Bonchev–Trinajstić information content (AvgIpc) is 2.72. The van der Waals surface area contributed by atoms with Gasteiger partial charge in [-0.3, -0.25) is 14.6 Å². The summed E-state index contributed by atoms with van der Waals surface area (Å²) >= 11 is 1.89. The van der Waals surface area contributed by atoms with Crippen LogP contribution in [0, 0.1) is 0 Å². The first-order valence-electron chi connectivity index (χ1n) is 9.74. The molecule has 0 saturated carbocycles. The number of carbonyl (C=O) groups is 1. The predicted octanol–water partition coefficient (Wildman–Crippen LogP) is 3.01. The summed E-state index contributed by atoms with van der Waals surface area (Å²) in [5.74, 6) is 1.89. The third kappa shape index (κ3) is 4.80. The van der Waals surface area contributed by atoms with Gasteiger partial charge in [-0.05, 0) is 36.5 Å². The quantitative estimate of drug-likeness (QED) is 0.800. The first-order chi connectivity index (χ1) is 13.4. The number of nitrogens with one attached hydrogen (secondary N) is 1. The lowest BCUT2D eigenvalue weighted by Crippen LogP contribution is -2.62. The normalized spacial score (nSPS) is 20.7. The Kier molecular flexibility index (Phi) is 6.88. The summed E-state index contributed by atoms with van der Waals surface area (Å²) in [6.07, 6.45) is -2.47. The topological polar surface area (TPSA) is 48.5 Å². The Labute approximate surface area is 168 Å². The van der Waals surface area contributed by atoms with Crippen LogP contribution in [-0.4, -0.2) is 65.6 Å². The van der Waals surface area contributed by atoms with Gasteiger partial charge in [0, 0.05) is 44.7 Å². The second-order valence-corrected chi connectivity index (χ2v) is 8.51. The lowest BCUT2D eigenvalue weighted by Gasteiger charge is -2.50. The predicted molar refractivity (Wildman–Crippen MR) is 106 cm³/mol. The van der Waals surface area contributed by atoms with Gasteiger partial charge in [0.05, 0.1) is 0 Å². The molecule has 0 unspecified atom stereocenters. The highest BCUT2D eigenvalue weighted by Gasteiger charge is 2.42. The Balaban J connectivity index is 1.93. The van der Waals surface area contributed by atoms with E-state index in [1.165, 1.54) is 17.0 Å². The molecule has 5 nitrogen and oxygen atoms in total. The number of anilines is 1. The molecule has 9 heteroatoms. The molecule has 156 valence electrons. The highest BCUT2D eigenvalue weighted by molar-refractivity contribution is 7.99. The van der Waals surface area contributed by atoms with Crippen LogP contribution in [0.4, 0.5) is 19.0 Å². The highest BCUT2D eigenvalue weighted by atomic mass is 32.2. The Morgan fingerprint density at radius 1 is 1.29 bits per heavy atom. The smallest absolute Gasteiger partial charge is 0.314 e. The molecule has 2 aliphatic heterocycles. The summed E-state index contributed by atoms with van der Waals surface area (Å²) in [4.78, 5) is 20.4. The van der Waals surface area contributed by atoms with Crippen LogP contribution in [0.1, 0.15) is 31.9 Å². The maximum Gasteiger partial charge on any atom is 0.433 e. The van der Waals surface area contributed by atoms with Crippen molar-refractivity contribution in [3.63, 3.8) is 0 Å². The average molecular weight is 417 g/mol. The number of nitrogens with zero attached hydrogens (tertiary/aromatic N) is 3. The van der Waals surface area contributed by atoms with Gasteiger partial charge >= 0.3 is 6.18 Å². The molecule has 2 saturated heterocycles. The second-order valence-electron chi connectivity index (χ2n) is 7.29. The van der Waals surface area contributed by atoms with Crippen LogP contribution >= 0.6 is 11.8 Å². The van der Waals surface area contributed by atoms with Crippen molar-refractivity contribution in [1.82, 2.24) is 15.2 Å². The van der Waals surface area contributed by atoms with Gasteiger partial charge < -0.3 is 5.32 Å². The van der Waals surface area contributed by atoms with Gasteiger partial charge in [0.2, 0.25) is 5.91 Å². The number of rotatable bonds is 5. The van der Waals surface area contributed by atoms with E-state index >= 15 is 0 Å². The van der Waals surface area contributed by atoms with Crippen LogP contribution < -0.4 is 10.2 Å². The lowest BCUT2D eigenvalue weighted by molar-refractivity contribution is -0.141. The third-order valence-electron chi connectivity index (χ3n) is 5.57. The Morgan fingerprint density at radius 2 is 1.96 bits per heavy atom. The summed E-state index contributed by atoms with van der Waals surface area (Å²) in [7, 11) is 0. The van der Waals surface area contributed by atoms with Crippen molar-refractivity contribution >= 4 is 23.5 Å². The van der Waals surface area contributed by atoms with E-state index < -0.39 is 11.9 Å². The number of pyridine rings is 1. The zero-order chi connectivity index (χ0) is 20.2. The van der Waals surface area contributed by atoms with Gasteiger partial charge in [0.1, 0.15) is 11.5 Å². The van der Waals surface area contributed by atoms with Crippen molar-refractivity contribution in [2.24, 2.45) is 0 Å². The van der Waals surface area contributed by atoms with E-state index in [0.29, 0.717) is 6.54 Å². The zero-order valence-electron chi connectivity index (χ0n) is 16.1. The molecule has 0 atom stereocenters. The number of hydrogen-bond acceptors (Lipinski definition) is 5. The molecule has 0 radical (unpaired) electrons. The van der Waals surface area contributed by atoms with E-state index in [-0.39, 0.29) is 23.7 Å². The van der Waals surface area contributed by atoms with Crippen molar-refractivity contribution in [3.05, 3.63) is 23.9 Å². The van der Waals surface area contributed by atoms with Crippen LogP contribution in [0.2, 0.25) is 0 Å². The zero-order valence-corrected chi connectivity index (χ0v) is 16.9. The van der Waals surface area contributed by atoms with Gasteiger partial charge in [0.25, 0.3) is 0 Å². The van der Waals surface area contributed by atoms with Gasteiger partial charge in [-0.15, -0.1) is 0 Å². The van der Waals surface area contributed by atoms with Gasteiger partial charge in [0.15, 0.2) is 0 Å². The highest BCUT2D eigenvalue weighted by Crippen LogP contribution is 2.35. The number of aromatic nitrogens is 1. The van der Waals surface area contributed by atoms with Crippen LogP contribution in [0.25, 0.3) is 0 Å². The number of thioether (sulfide) groups is 1. The largest absolute Gasteiger partial charge is 0.433 e. The molecular formula is C19H27F3N4OS. The van der Waals surface area contributed by atoms with E-state index in [1.807, 2.05) is 11.8 Å². The Hall–Kier alpha value is -1.32. The molecule has 1 amide bonds. The van der Waals surface area contributed by atoms with E-state index in [4.69, 9.17) is 0 Å². The third-order valence-corrected chi connectivity index (χ3v) is 6.55. The minimum Gasteiger partial charge on any atom is -0.314 e. The van der Waals surface area contributed by atoms with Gasteiger partial charge in [-0.2, -0.15) is 24.9 Å². The van der Waals surface area contributed by atoms with Crippen molar-refractivity contribution in [3.8, 4) is 0 Å². The van der Waals surface area contributed by atoms with E-state index in [2.05, 4.69) is 15.2 Å². The van der Waals surface area contributed by atoms with E-state index in [0.717, 1.165) is 56.6 Å². The molecule has 3 rings (SSSR count). The van der Waals surface area contributed by atoms with E-state index in [9.17, 15) is 18.0 Å². The number of amides is 1. The molecule has 28 heavy (non-hydrogen) atoms. The Morgan fingerprint density at radius 3 is 2.57 bits per heavy atom. The first kappa shape index (κ1) is 21.4. The number of carbonyl (C=O) groups excluding carboxylic acids is 1. The Bertz CT molecular complexity index is 673. The maximum absolute atomic E-state index is 13.2. The maximum atomic E-state index is 13.2. The molecule has 1 aromatic rings. The fourth-order valence-electron chi connectivity index (χ4n) is 3.98. The molecule has 2 fully saturated rings. The van der Waals surface area contributed by atoms with Crippen LogP contribution in [0.5, 0.6) is 0 Å². The molecule has 0 aromatic carbocycles. The molecule has 3 heterocycles. The number of alkyl halides is 3. The molecule has 0 bridgehead atoms. The number of piperazine rings is 1. The molecule has 1 aromatic heterocycles. The molecule has 0 spiro atoms. The lowest BCUT2D eigenvalue weighted by atomic mass is 9.88. The van der Waals surface area contributed by atoms with Crippen molar-refractivity contribution in [2.45, 2.75) is 37.9 Å². The standard InChI is InChI=1S/C19H27F3N4OS/c1-2-17(27)26(16-5-3-4-15(24-16)19(20,21)22)14-18(6-12-28-13-7-18)25-10-8-23-9-11-25/h3-5,23H,2,6-14H2,1H3. The van der Waals surface area contributed by atoms with Crippen LogP contribution in [-0.2, 0) is 11.0 Å². The minimum atomic E-state index is -4.53. The van der Waals surface area contributed by atoms with Crippen molar-refractivity contribution in [2.75, 3.05) is 49.1 Å². The molecule has 0 aliphatic carbocycles. The fraction of sp³-hybridized carbons (Fsp3) is 0.684. The van der Waals surface area contributed by atoms with Crippen molar-refractivity contribution < 1.29 is 18.0 Å². The second kappa shape index (κ2) is 9.00. The number of halogens is 3. The summed E-state index contributed by atoms with van der Waals surface area (Å²) in [5, 5.41) is 3.35. The fourth-order valence-corrected chi connectivity index (χ4v) is 5.23. The van der Waals surface area contributed by atoms with Crippen LogP contribution in [0.15, 0.2) is 18.2 Å². The van der Waals surface area contributed by atoms with Crippen molar-refractivity contribution in [1.29, 1.82) is 0 Å². The van der Waals surface area contributed by atoms with Crippen LogP contribution in [0.3, 0.4) is 0 Å². The summed E-state index contributed by atoms with van der Waals surface area (Å²) in [6, 6.07) is 3.78. The summed E-state index contributed by atoms with van der Waals surface area (Å²) < 4.78 is 39.5. The SMILES string of the molecule is CCC(=O)N(CC1(N2CCNCC2)CCSCC1)c1cccc(C(F)(F)F)n1.